The van der Waals surface area contributed by atoms with Gasteiger partial charge in [-0.3, -0.25) is 29.5 Å². The van der Waals surface area contributed by atoms with Crippen molar-refractivity contribution in [2.45, 2.75) is 0 Å². The third-order valence-electron chi connectivity index (χ3n) is 5.50. The first-order valence-corrected chi connectivity index (χ1v) is 18.0. The molecule has 0 fully saturated rings. The molecule has 4 N–H and O–H groups in total. The summed E-state index contributed by atoms with van der Waals surface area (Å²) in [5.41, 5.74) is 4.97. The summed E-state index contributed by atoms with van der Waals surface area (Å²) in [6.07, 6.45) is 1.43. The Balaban J connectivity index is 0.00000109. The minimum Gasteiger partial charge on any atom is -0.461 e. The van der Waals surface area contributed by atoms with E-state index in [1.807, 2.05) is 38.0 Å². The highest BCUT2D eigenvalue weighted by atomic mass is 32.2. The smallest absolute Gasteiger partial charge is 0.340 e. The van der Waals surface area contributed by atoms with E-state index in [1.54, 1.807) is 48.5 Å². The van der Waals surface area contributed by atoms with Crippen LogP contribution in [0.2, 0.25) is 0 Å². The Morgan fingerprint density at radius 1 is 0.680 bits per heavy atom. The molecule has 3 aromatic rings. The summed E-state index contributed by atoms with van der Waals surface area (Å²) in [6, 6.07) is 15.4. The molecular weight excluding hydrogens is 700 g/mol. The van der Waals surface area contributed by atoms with Crippen LogP contribution in [0.4, 0.5) is 11.4 Å². The van der Waals surface area contributed by atoms with Gasteiger partial charge in [0.05, 0.1) is 35.0 Å². The molecule has 0 saturated heterocycles. The van der Waals surface area contributed by atoms with Crippen molar-refractivity contribution < 1.29 is 45.0 Å². The minimum atomic E-state index is -3.67. The van der Waals surface area contributed by atoms with Crippen LogP contribution in [-0.4, -0.2) is 115 Å². The lowest BCUT2D eigenvalue weighted by Crippen LogP contribution is -2.48. The number of hydrogen-bond donors (Lipinski definition) is 4. The van der Waals surface area contributed by atoms with Gasteiger partial charge in [0.25, 0.3) is 20.2 Å². The number of esters is 2. The number of carbonyl (C=O) groups excluding carboxylic acids is 2. The molecule has 0 aliphatic carbocycles. The molecular formula is C30H40N6O12S2. The highest BCUT2D eigenvalue weighted by Crippen LogP contribution is 2.17. The number of likely N-dealkylation sites (N-methyl/N-ethyl adjacent to an activating group) is 2. The molecule has 0 spiro atoms. The standard InChI is InChI=1S/C28H32N6O6.2CH4O3S/c1-33(2)15-17-39-27(37)19-9-5-7-11-21(19)29-31-23-13-14-24(35)25(26(23)36)32-30-22-12-8-6-10-20(22)28(38)40-18-16-34(3)4;2*1-5(2,3)4/h5-14,29-30H,15-18H2,1-4H3;2*1H3,(H,2,3,4). The van der Waals surface area contributed by atoms with Gasteiger partial charge >= 0.3 is 11.9 Å². The predicted molar refractivity (Wildman–Crippen MR) is 185 cm³/mol. The van der Waals surface area contributed by atoms with Crippen molar-refractivity contribution in [1.29, 1.82) is 0 Å². The molecule has 3 rings (SSSR count). The van der Waals surface area contributed by atoms with E-state index in [1.165, 1.54) is 6.07 Å². The molecule has 3 aromatic carbocycles. The minimum absolute atomic E-state index is 0.104. The van der Waals surface area contributed by atoms with Gasteiger partial charge in [0.15, 0.2) is 5.36 Å². The van der Waals surface area contributed by atoms with Crippen molar-refractivity contribution in [3.8, 4) is 0 Å². The van der Waals surface area contributed by atoms with Crippen molar-refractivity contribution >= 4 is 43.5 Å². The number of hydrogen-bond acceptors (Lipinski definition) is 16. The van der Waals surface area contributed by atoms with Gasteiger partial charge in [-0.15, -0.1) is 0 Å². The fourth-order valence-electron chi connectivity index (χ4n) is 3.29. The van der Waals surface area contributed by atoms with Crippen LogP contribution < -0.4 is 32.4 Å². The maximum absolute atomic E-state index is 13.0. The maximum Gasteiger partial charge on any atom is 0.340 e. The van der Waals surface area contributed by atoms with Crippen LogP contribution in [0.3, 0.4) is 0 Å². The van der Waals surface area contributed by atoms with Crippen LogP contribution in [0.1, 0.15) is 20.7 Å². The van der Waals surface area contributed by atoms with Gasteiger partial charge in [0.2, 0.25) is 10.9 Å². The molecule has 0 unspecified atom stereocenters. The van der Waals surface area contributed by atoms with Crippen LogP contribution in [0.25, 0.3) is 0 Å². The Labute approximate surface area is 288 Å². The zero-order chi connectivity index (χ0) is 38.1. The summed E-state index contributed by atoms with van der Waals surface area (Å²) in [7, 11) is 0.123. The number of benzene rings is 3. The molecule has 50 heavy (non-hydrogen) atoms. The van der Waals surface area contributed by atoms with Crippen molar-refractivity contribution in [3.63, 3.8) is 0 Å². The molecule has 0 saturated carbocycles. The van der Waals surface area contributed by atoms with E-state index < -0.39 is 48.4 Å². The zero-order valence-corrected chi connectivity index (χ0v) is 29.8. The molecule has 0 aliphatic rings. The van der Waals surface area contributed by atoms with E-state index in [0.29, 0.717) is 31.3 Å². The van der Waals surface area contributed by atoms with Gasteiger partial charge < -0.3 is 19.3 Å². The lowest BCUT2D eigenvalue weighted by molar-refractivity contribution is 0.0473. The predicted octanol–water partition coefficient (Wildman–Crippen LogP) is -0.417. The zero-order valence-electron chi connectivity index (χ0n) is 28.2. The summed E-state index contributed by atoms with van der Waals surface area (Å²) in [6.45, 7) is 1.52. The van der Waals surface area contributed by atoms with Gasteiger partial charge in [-0.25, -0.2) is 9.59 Å². The highest BCUT2D eigenvalue weighted by molar-refractivity contribution is 7.85. The number of nitrogens with zero attached hydrogens (tertiary/aromatic N) is 4. The quantitative estimate of drug-likeness (QED) is 0.105. The summed E-state index contributed by atoms with van der Waals surface area (Å²) in [4.78, 5) is 54.3. The summed E-state index contributed by atoms with van der Waals surface area (Å²) in [5, 5.41) is 7.55. The normalized spacial score (nSPS) is 12.0. The first-order valence-electron chi connectivity index (χ1n) is 14.3. The van der Waals surface area contributed by atoms with Crippen molar-refractivity contribution in [1.82, 2.24) is 9.80 Å². The van der Waals surface area contributed by atoms with E-state index in [2.05, 4.69) is 21.1 Å². The summed E-state index contributed by atoms with van der Waals surface area (Å²) >= 11 is 0. The molecule has 0 aromatic heterocycles. The van der Waals surface area contributed by atoms with Crippen LogP contribution in [0.15, 0.2) is 80.5 Å². The number of para-hydroxylation sites is 2. The van der Waals surface area contributed by atoms with Crippen molar-refractivity contribution in [2.75, 3.05) is 77.9 Å². The average Bonchev–Trinajstić information content (AvgIpc) is 2.99. The lowest BCUT2D eigenvalue weighted by atomic mass is 10.2. The fraction of sp³-hybridized carbons (Fsp3) is 0.333. The van der Waals surface area contributed by atoms with Crippen LogP contribution in [0, 0.1) is 0 Å². The number of nitrogens with one attached hydrogen (secondary N) is 2. The van der Waals surface area contributed by atoms with E-state index in [0.717, 1.165) is 6.07 Å². The van der Waals surface area contributed by atoms with Crippen molar-refractivity contribution in [2.24, 2.45) is 10.2 Å². The number of anilines is 2. The van der Waals surface area contributed by atoms with Gasteiger partial charge in [0, 0.05) is 13.1 Å². The Morgan fingerprint density at radius 3 is 1.46 bits per heavy atom. The molecule has 0 atom stereocenters. The van der Waals surface area contributed by atoms with Crippen LogP contribution in [-0.2, 0) is 29.7 Å². The molecule has 18 nitrogen and oxygen atoms in total. The number of carbonyl (C=O) groups is 2. The second-order valence-electron chi connectivity index (χ2n) is 10.6. The van der Waals surface area contributed by atoms with Gasteiger partial charge in [0.1, 0.15) is 18.6 Å². The van der Waals surface area contributed by atoms with Gasteiger partial charge in [-0.05, 0) is 64.6 Å². The monoisotopic (exact) mass is 740 g/mol. The highest BCUT2D eigenvalue weighted by Gasteiger charge is 2.14. The topological polar surface area (TPSA) is 251 Å². The SMILES string of the molecule is CN(C)CCOC(=O)c1ccccc1NN=c1ccc(=O)c(=NNc2ccccc2C(=O)OCCN(C)C)c1=O.CS(=O)(=O)O.CS(=O)(=O)O. The Kier molecular flexibility index (Phi) is 17.8. The molecule has 0 heterocycles. The van der Waals surface area contributed by atoms with Gasteiger partial charge in [-0.1, -0.05) is 24.3 Å². The Hall–Kier alpha value is -4.86. The van der Waals surface area contributed by atoms with Crippen LogP contribution >= 0.6 is 0 Å². The molecule has 0 bridgehead atoms. The largest absolute Gasteiger partial charge is 0.461 e. The molecule has 0 aliphatic heterocycles. The van der Waals surface area contributed by atoms with Gasteiger partial charge in [-0.2, -0.15) is 27.0 Å². The molecule has 0 amide bonds. The third-order valence-corrected chi connectivity index (χ3v) is 5.50. The second-order valence-corrected chi connectivity index (χ2v) is 13.6. The number of rotatable bonds is 12. The lowest BCUT2D eigenvalue weighted by Gasteiger charge is -2.11. The first-order chi connectivity index (χ1) is 23.2. The van der Waals surface area contributed by atoms with E-state index in [4.69, 9.17) is 18.6 Å². The summed E-state index contributed by atoms with van der Waals surface area (Å²) < 4.78 is 62.3. The van der Waals surface area contributed by atoms with E-state index in [9.17, 15) is 36.0 Å². The third kappa shape index (κ3) is 18.6. The van der Waals surface area contributed by atoms with Crippen molar-refractivity contribution in [3.05, 3.63) is 103 Å². The van der Waals surface area contributed by atoms with E-state index >= 15 is 0 Å². The average molecular weight is 741 g/mol. The van der Waals surface area contributed by atoms with Crippen LogP contribution in [0.5, 0.6) is 0 Å². The first kappa shape index (κ1) is 43.2. The maximum atomic E-state index is 13.0. The Morgan fingerprint density at radius 2 is 1.06 bits per heavy atom. The summed E-state index contributed by atoms with van der Waals surface area (Å²) in [5.74, 6) is -1.12. The second kappa shape index (κ2) is 20.6. The molecule has 274 valence electrons. The fourth-order valence-corrected chi connectivity index (χ4v) is 3.29. The van der Waals surface area contributed by atoms with E-state index in [-0.39, 0.29) is 35.4 Å². The molecule has 0 radical (unpaired) electrons. The Bertz CT molecular complexity index is 2000. The molecule has 20 heteroatoms. The number of ether oxygens (including phenoxy) is 2.